The van der Waals surface area contributed by atoms with E-state index in [9.17, 15) is 13.2 Å². The maximum absolute atomic E-state index is 15.4. The lowest BCUT2D eigenvalue weighted by Gasteiger charge is -2.42. The maximum atomic E-state index is 15.4. The third-order valence-corrected chi connectivity index (χ3v) is 7.56. The van der Waals surface area contributed by atoms with E-state index in [1.165, 1.54) is 51.0 Å². The van der Waals surface area contributed by atoms with Crippen LogP contribution in [0.15, 0.2) is 30.3 Å². The van der Waals surface area contributed by atoms with Crippen molar-refractivity contribution in [3.8, 4) is 5.75 Å². The van der Waals surface area contributed by atoms with Crippen molar-refractivity contribution in [3.63, 3.8) is 0 Å². The summed E-state index contributed by atoms with van der Waals surface area (Å²) in [5.74, 6) is 0.492. The summed E-state index contributed by atoms with van der Waals surface area (Å²) in [4.78, 5) is 0. The zero-order valence-corrected chi connectivity index (χ0v) is 18.2. The van der Waals surface area contributed by atoms with Gasteiger partial charge in [0.2, 0.25) is 0 Å². The van der Waals surface area contributed by atoms with E-state index in [0.717, 1.165) is 25.2 Å². The molecule has 4 unspecified atom stereocenters. The van der Waals surface area contributed by atoms with Crippen LogP contribution in [0.1, 0.15) is 82.6 Å². The van der Waals surface area contributed by atoms with Gasteiger partial charge >= 0.3 is 6.36 Å². The van der Waals surface area contributed by atoms with Crippen molar-refractivity contribution in [3.05, 3.63) is 41.7 Å². The average Bonchev–Trinajstić information content (AvgIpc) is 2.74. The number of halogens is 4. The van der Waals surface area contributed by atoms with Crippen molar-refractivity contribution in [2.75, 3.05) is 0 Å². The topological polar surface area (TPSA) is 9.23 Å². The summed E-state index contributed by atoms with van der Waals surface area (Å²) < 4.78 is 58.5. The lowest BCUT2D eigenvalue weighted by atomic mass is 9.63. The highest BCUT2D eigenvalue weighted by atomic mass is 19.4. The molecule has 2 fully saturated rings. The lowest BCUT2D eigenvalue weighted by Crippen LogP contribution is -2.30. The Morgan fingerprint density at radius 2 is 1.71 bits per heavy atom. The Morgan fingerprint density at radius 1 is 0.968 bits per heavy atom. The highest BCUT2D eigenvalue weighted by Crippen LogP contribution is 2.50. The molecule has 2 aliphatic rings. The summed E-state index contributed by atoms with van der Waals surface area (Å²) in [6.07, 6.45) is 6.68. The van der Waals surface area contributed by atoms with Gasteiger partial charge in [0.15, 0.2) is 11.6 Å². The van der Waals surface area contributed by atoms with Gasteiger partial charge in [0, 0.05) is 5.39 Å². The molecular formula is C26H32F4O. The number of rotatable bonds is 6. The summed E-state index contributed by atoms with van der Waals surface area (Å²) in [7, 11) is 0. The molecule has 2 aromatic rings. The van der Waals surface area contributed by atoms with Crippen LogP contribution in [0, 0.1) is 23.6 Å². The van der Waals surface area contributed by atoms with Crippen molar-refractivity contribution in [2.24, 2.45) is 17.8 Å². The molecule has 0 aliphatic heterocycles. The number of ether oxygens (including phenoxy) is 1. The monoisotopic (exact) mass is 436 g/mol. The van der Waals surface area contributed by atoms with E-state index in [-0.39, 0.29) is 11.3 Å². The van der Waals surface area contributed by atoms with E-state index in [4.69, 9.17) is 0 Å². The molecule has 2 aliphatic carbocycles. The first-order chi connectivity index (χ1) is 14.9. The number of unbranched alkanes of at least 4 members (excludes halogenated alkanes) is 2. The summed E-state index contributed by atoms with van der Waals surface area (Å²) >= 11 is 0. The normalized spacial score (nSPS) is 26.6. The number of hydrogen-bond donors (Lipinski definition) is 0. The van der Waals surface area contributed by atoms with Crippen molar-refractivity contribution >= 4 is 10.8 Å². The molecule has 4 rings (SSSR count). The fraction of sp³-hybridized carbons (Fsp3) is 0.615. The van der Waals surface area contributed by atoms with Gasteiger partial charge in [0.1, 0.15) is 0 Å². The first-order valence-electron chi connectivity index (χ1n) is 11.8. The Labute approximate surface area is 182 Å². The first-order valence-corrected chi connectivity index (χ1v) is 11.8. The average molecular weight is 437 g/mol. The van der Waals surface area contributed by atoms with Crippen LogP contribution in [0.5, 0.6) is 5.75 Å². The van der Waals surface area contributed by atoms with E-state index >= 15 is 4.39 Å². The minimum Gasteiger partial charge on any atom is -0.402 e. The van der Waals surface area contributed by atoms with Crippen LogP contribution in [0.3, 0.4) is 0 Å². The van der Waals surface area contributed by atoms with E-state index in [1.807, 2.05) is 0 Å². The molecule has 0 N–H and O–H groups in total. The molecule has 31 heavy (non-hydrogen) atoms. The first kappa shape index (κ1) is 22.4. The quantitative estimate of drug-likeness (QED) is 0.325. The Hall–Kier alpha value is -1.78. The van der Waals surface area contributed by atoms with Crippen molar-refractivity contribution in [1.29, 1.82) is 0 Å². The van der Waals surface area contributed by atoms with Crippen LogP contribution in [-0.2, 0) is 0 Å². The van der Waals surface area contributed by atoms with Crippen LogP contribution in [0.2, 0.25) is 0 Å². The van der Waals surface area contributed by atoms with E-state index in [2.05, 4.69) is 11.7 Å². The summed E-state index contributed by atoms with van der Waals surface area (Å²) in [6.45, 7) is 2.23. The standard InChI is InChI=1S/C26H32F4O/c1-2-3-4-7-17-10-11-19-15-21(13-12-18(19)14-17)23-16-20-8-5-6-9-22(20)25(24(23)27)31-26(28,29)30/h5-6,8-9,16-19,21H,2-4,7,10-15H2,1H3. The zero-order chi connectivity index (χ0) is 22.0. The Kier molecular flexibility index (Phi) is 6.78. The van der Waals surface area contributed by atoms with Crippen molar-refractivity contribution in [2.45, 2.75) is 83.4 Å². The predicted octanol–water partition coefficient (Wildman–Crippen LogP) is 8.76. The fourth-order valence-electron chi connectivity index (χ4n) is 6.04. The molecule has 5 heteroatoms. The van der Waals surface area contributed by atoms with Gasteiger partial charge in [-0.1, -0.05) is 63.3 Å². The molecule has 170 valence electrons. The Morgan fingerprint density at radius 3 is 2.48 bits per heavy atom. The second-order valence-electron chi connectivity index (χ2n) is 9.58. The van der Waals surface area contributed by atoms with E-state index in [1.54, 1.807) is 24.3 Å². The van der Waals surface area contributed by atoms with Crippen LogP contribution in [0.4, 0.5) is 17.6 Å². The summed E-state index contributed by atoms with van der Waals surface area (Å²) in [5, 5.41) is 0.766. The van der Waals surface area contributed by atoms with Crippen LogP contribution in [0.25, 0.3) is 10.8 Å². The molecule has 0 radical (unpaired) electrons. The summed E-state index contributed by atoms with van der Waals surface area (Å²) in [6, 6.07) is 8.33. The van der Waals surface area contributed by atoms with Crippen LogP contribution < -0.4 is 4.74 Å². The maximum Gasteiger partial charge on any atom is 0.573 e. The van der Waals surface area contributed by atoms with Gasteiger partial charge in [-0.05, 0) is 72.8 Å². The molecule has 4 atom stereocenters. The highest BCUT2D eigenvalue weighted by Gasteiger charge is 2.38. The van der Waals surface area contributed by atoms with Gasteiger partial charge in [-0.2, -0.15) is 0 Å². The smallest absolute Gasteiger partial charge is 0.402 e. The van der Waals surface area contributed by atoms with Crippen molar-refractivity contribution < 1.29 is 22.3 Å². The molecule has 0 bridgehead atoms. The lowest BCUT2D eigenvalue weighted by molar-refractivity contribution is -0.275. The van der Waals surface area contributed by atoms with Gasteiger partial charge in [-0.3, -0.25) is 0 Å². The molecule has 0 amide bonds. The van der Waals surface area contributed by atoms with E-state index in [0.29, 0.717) is 22.8 Å². The molecule has 0 spiro atoms. The fourth-order valence-corrected chi connectivity index (χ4v) is 6.04. The molecule has 2 saturated carbocycles. The molecule has 2 aromatic carbocycles. The molecule has 0 aromatic heterocycles. The Balaban J connectivity index is 1.53. The minimum atomic E-state index is -4.92. The molecule has 1 nitrogen and oxygen atoms in total. The van der Waals surface area contributed by atoms with Gasteiger partial charge < -0.3 is 4.74 Å². The minimum absolute atomic E-state index is 0.0434. The van der Waals surface area contributed by atoms with Gasteiger partial charge in [-0.25, -0.2) is 4.39 Å². The largest absolute Gasteiger partial charge is 0.573 e. The molecule has 0 saturated heterocycles. The van der Waals surface area contributed by atoms with Crippen molar-refractivity contribution in [1.82, 2.24) is 0 Å². The second kappa shape index (κ2) is 9.38. The SMILES string of the molecule is CCCCCC1CCC2CC(c3cc4ccccc4c(OC(F)(F)F)c3F)CCC2C1. The van der Waals surface area contributed by atoms with Gasteiger partial charge in [-0.15, -0.1) is 13.2 Å². The second-order valence-corrected chi connectivity index (χ2v) is 9.58. The van der Waals surface area contributed by atoms with E-state index < -0.39 is 17.9 Å². The molecule has 0 heterocycles. The number of benzene rings is 2. The predicted molar refractivity (Wildman–Crippen MR) is 116 cm³/mol. The van der Waals surface area contributed by atoms with Gasteiger partial charge in [0.05, 0.1) is 0 Å². The third kappa shape index (κ3) is 5.18. The highest BCUT2D eigenvalue weighted by molar-refractivity contribution is 5.89. The van der Waals surface area contributed by atoms with Crippen LogP contribution in [-0.4, -0.2) is 6.36 Å². The number of hydrogen-bond acceptors (Lipinski definition) is 1. The van der Waals surface area contributed by atoms with Gasteiger partial charge in [0.25, 0.3) is 0 Å². The van der Waals surface area contributed by atoms with Crippen LogP contribution >= 0.6 is 0 Å². The third-order valence-electron chi connectivity index (χ3n) is 7.56. The number of fused-ring (bicyclic) bond motifs is 2. The Bertz CT molecular complexity index is 891. The number of alkyl halides is 3. The summed E-state index contributed by atoms with van der Waals surface area (Å²) in [5.41, 5.74) is 0.390. The zero-order valence-electron chi connectivity index (χ0n) is 18.2. The molecular weight excluding hydrogens is 404 g/mol.